The summed E-state index contributed by atoms with van der Waals surface area (Å²) in [6, 6.07) is 26.0. The number of hydrogen-bond acceptors (Lipinski definition) is 1. The summed E-state index contributed by atoms with van der Waals surface area (Å²) in [7, 11) is 0. The van der Waals surface area contributed by atoms with Crippen LogP contribution in [0.3, 0.4) is 0 Å². The van der Waals surface area contributed by atoms with Crippen LogP contribution in [0.2, 0.25) is 0 Å². The zero-order valence-corrected chi connectivity index (χ0v) is 17.5. The summed E-state index contributed by atoms with van der Waals surface area (Å²) >= 11 is 0. The van der Waals surface area contributed by atoms with Gasteiger partial charge in [0.2, 0.25) is 0 Å². The molecule has 0 N–H and O–H groups in total. The zero-order valence-electron chi connectivity index (χ0n) is 11.7. The fourth-order valence-electron chi connectivity index (χ4n) is 1.24. The predicted octanol–water partition coefficient (Wildman–Crippen LogP) is 4.34. The smallest absolute Gasteiger partial charge is 0.309 e. The molecule has 0 atom stereocenters. The van der Waals surface area contributed by atoms with E-state index in [0.717, 1.165) is 10.9 Å². The molecular formula is C17H16NWY-. The Morgan fingerprint density at radius 3 is 2.00 bits per heavy atom. The van der Waals surface area contributed by atoms with Crippen LogP contribution >= 0.6 is 0 Å². The molecule has 0 fully saturated rings. The molecule has 20 heavy (non-hydrogen) atoms. The molecule has 1 radical (unpaired) electrons. The van der Waals surface area contributed by atoms with E-state index in [-0.39, 0.29) is 53.8 Å². The summed E-state index contributed by atoms with van der Waals surface area (Å²) < 4.78 is 0. The molecule has 3 aromatic rings. The molecule has 0 saturated carbocycles. The number of rotatable bonds is 0. The minimum Gasteiger partial charge on any atom is -0.309 e. The van der Waals surface area contributed by atoms with E-state index in [4.69, 9.17) is 0 Å². The third-order valence-electron chi connectivity index (χ3n) is 2.00. The quantitative estimate of drug-likeness (QED) is 0.413. The molecule has 1 aromatic heterocycles. The van der Waals surface area contributed by atoms with Crippen molar-refractivity contribution < 1.29 is 53.8 Å². The van der Waals surface area contributed by atoms with Gasteiger partial charge in [-0.3, -0.25) is 0 Å². The van der Waals surface area contributed by atoms with Crippen LogP contribution in [0, 0.1) is 18.2 Å². The van der Waals surface area contributed by atoms with Crippen LogP contribution in [0.4, 0.5) is 0 Å². The molecule has 1 nitrogen and oxygen atoms in total. The summed E-state index contributed by atoms with van der Waals surface area (Å²) in [6.07, 6.45) is 1.67. The standard InChI is InChI=1S/C9H5N.C6H5.C2H6.W.Y/c1-2-6-9-8(4-1)5-3-7-10-9;1-2-4-6-5-3-1;1-2;;/h2,4-7H;1-5H;1-2H3;;/q-2;-1;;+2;. The molecule has 3 heteroatoms. The maximum Gasteiger partial charge on any atom is 2.00 e. The van der Waals surface area contributed by atoms with Crippen LogP contribution in [0.25, 0.3) is 10.9 Å². The number of pyridine rings is 1. The summed E-state index contributed by atoms with van der Waals surface area (Å²) in [6.45, 7) is 4.00. The maximum atomic E-state index is 4.11. The predicted molar refractivity (Wildman–Crippen MR) is 76.0 cm³/mol. The van der Waals surface area contributed by atoms with Gasteiger partial charge in [-0.2, -0.15) is 66.0 Å². The van der Waals surface area contributed by atoms with Gasteiger partial charge in [0.25, 0.3) is 0 Å². The Bertz CT molecular complexity index is 451. The van der Waals surface area contributed by atoms with Crippen molar-refractivity contribution in [1.82, 2.24) is 4.98 Å². The van der Waals surface area contributed by atoms with Crippen molar-refractivity contribution in [2.24, 2.45) is 0 Å². The van der Waals surface area contributed by atoms with Crippen LogP contribution in [0.5, 0.6) is 0 Å². The fraction of sp³-hybridized carbons (Fsp3) is 0.118. The molecule has 0 amide bonds. The van der Waals surface area contributed by atoms with Crippen LogP contribution in [-0.2, 0) is 53.8 Å². The molecule has 0 saturated heterocycles. The Balaban J connectivity index is 0. The minimum absolute atomic E-state index is 0. The summed E-state index contributed by atoms with van der Waals surface area (Å²) in [5, 5.41) is 1.09. The molecular weight excluding hydrogens is 491 g/mol. The van der Waals surface area contributed by atoms with Gasteiger partial charge in [-0.05, 0) is 0 Å². The Morgan fingerprint density at radius 1 is 0.850 bits per heavy atom. The molecule has 0 aliphatic heterocycles. The van der Waals surface area contributed by atoms with Crippen molar-refractivity contribution in [2.45, 2.75) is 13.8 Å². The van der Waals surface area contributed by atoms with Gasteiger partial charge < -0.3 is 4.98 Å². The first-order chi connectivity index (χ1) is 8.97. The number of benzene rings is 2. The van der Waals surface area contributed by atoms with Gasteiger partial charge in [-0.1, -0.05) is 25.6 Å². The number of nitrogens with zero attached hydrogens (tertiary/aromatic N) is 1. The SMILES string of the molecule is CC.[W+2].[Y].[c-]1ccc2nc[c-]cc2c1.[c-]1ccccc1. The van der Waals surface area contributed by atoms with Gasteiger partial charge in [0.1, 0.15) is 0 Å². The van der Waals surface area contributed by atoms with Gasteiger partial charge in [0.15, 0.2) is 0 Å². The molecule has 1 heterocycles. The van der Waals surface area contributed by atoms with E-state index in [1.165, 1.54) is 0 Å². The Hall–Kier alpha value is -0.358. The van der Waals surface area contributed by atoms with E-state index in [1.807, 2.05) is 68.4 Å². The summed E-state index contributed by atoms with van der Waals surface area (Å²) in [5.41, 5.74) is 0.998. The molecule has 0 unspecified atom stereocenters. The van der Waals surface area contributed by atoms with Crippen molar-refractivity contribution in [3.05, 3.63) is 79.0 Å². The minimum atomic E-state index is 0. The molecule has 0 spiro atoms. The Labute approximate surface area is 161 Å². The normalized spacial score (nSPS) is 7.70. The summed E-state index contributed by atoms with van der Waals surface area (Å²) in [5.74, 6) is 0. The molecule has 3 rings (SSSR count). The second kappa shape index (κ2) is 15.0. The second-order valence-electron chi connectivity index (χ2n) is 3.13. The van der Waals surface area contributed by atoms with E-state index in [1.54, 1.807) is 6.20 Å². The number of hydrogen-bond donors (Lipinski definition) is 0. The monoisotopic (exact) mass is 507 g/mol. The van der Waals surface area contributed by atoms with Crippen molar-refractivity contribution in [2.75, 3.05) is 0 Å². The first kappa shape index (κ1) is 21.9. The van der Waals surface area contributed by atoms with Gasteiger partial charge in [0, 0.05) is 32.7 Å². The largest absolute Gasteiger partial charge is 2.00 e. The van der Waals surface area contributed by atoms with E-state index >= 15 is 0 Å². The number of aromatic nitrogens is 1. The Kier molecular flexibility index (Phi) is 16.5. The third kappa shape index (κ3) is 8.74. The zero-order chi connectivity index (χ0) is 13.1. The van der Waals surface area contributed by atoms with E-state index in [0.29, 0.717) is 0 Å². The van der Waals surface area contributed by atoms with Crippen LogP contribution in [0.1, 0.15) is 13.8 Å². The maximum absolute atomic E-state index is 4.11. The van der Waals surface area contributed by atoms with E-state index in [9.17, 15) is 0 Å². The second-order valence-corrected chi connectivity index (χ2v) is 3.13. The molecule has 2 aromatic carbocycles. The molecule has 0 bridgehead atoms. The summed E-state index contributed by atoms with van der Waals surface area (Å²) in [4.78, 5) is 4.11. The van der Waals surface area contributed by atoms with Gasteiger partial charge in [-0.15, -0.1) is 0 Å². The van der Waals surface area contributed by atoms with Crippen LogP contribution < -0.4 is 0 Å². The van der Waals surface area contributed by atoms with Gasteiger partial charge in [0.05, 0.1) is 0 Å². The van der Waals surface area contributed by atoms with Crippen molar-refractivity contribution in [1.29, 1.82) is 0 Å². The van der Waals surface area contributed by atoms with Crippen molar-refractivity contribution >= 4 is 10.9 Å². The number of fused-ring (bicyclic) bond motifs is 1. The average molecular weight is 507 g/mol. The molecule has 0 aliphatic carbocycles. The third-order valence-corrected chi connectivity index (χ3v) is 2.00. The van der Waals surface area contributed by atoms with Crippen molar-refractivity contribution in [3.8, 4) is 0 Å². The molecule has 99 valence electrons. The van der Waals surface area contributed by atoms with Gasteiger partial charge >= 0.3 is 21.1 Å². The Morgan fingerprint density at radius 2 is 1.50 bits per heavy atom. The topological polar surface area (TPSA) is 12.9 Å². The van der Waals surface area contributed by atoms with Gasteiger partial charge in [-0.25, -0.2) is 12.1 Å². The van der Waals surface area contributed by atoms with E-state index < -0.39 is 0 Å². The van der Waals surface area contributed by atoms with Crippen molar-refractivity contribution in [3.63, 3.8) is 0 Å². The average Bonchev–Trinajstić information content (AvgIpc) is 2.52. The first-order valence-electron chi connectivity index (χ1n) is 6.00. The van der Waals surface area contributed by atoms with E-state index in [2.05, 4.69) is 23.2 Å². The van der Waals surface area contributed by atoms with Crippen LogP contribution in [-0.4, -0.2) is 4.98 Å². The molecule has 0 aliphatic rings. The first-order valence-corrected chi connectivity index (χ1v) is 6.00. The fourth-order valence-corrected chi connectivity index (χ4v) is 1.24. The van der Waals surface area contributed by atoms with Crippen LogP contribution in [0.15, 0.2) is 60.8 Å².